The Balaban J connectivity index is 1.40. The van der Waals surface area contributed by atoms with Gasteiger partial charge in [0.1, 0.15) is 11.7 Å². The van der Waals surface area contributed by atoms with E-state index in [-0.39, 0.29) is 24.1 Å². The summed E-state index contributed by atoms with van der Waals surface area (Å²) >= 11 is 0. The topological polar surface area (TPSA) is 90.5 Å². The van der Waals surface area contributed by atoms with Crippen molar-refractivity contribution in [3.05, 3.63) is 29.3 Å². The lowest BCUT2D eigenvalue weighted by molar-refractivity contribution is -0.139. The lowest BCUT2D eigenvalue weighted by Gasteiger charge is -2.40. The van der Waals surface area contributed by atoms with Gasteiger partial charge in [0.05, 0.1) is 5.56 Å². The van der Waals surface area contributed by atoms with Gasteiger partial charge in [-0.2, -0.15) is 0 Å². The van der Waals surface area contributed by atoms with Crippen LogP contribution in [0, 0.1) is 12.8 Å². The Hall–Kier alpha value is -2.57. The number of fused-ring (bicyclic) bond motifs is 1. The smallest absolute Gasteiger partial charge is 0.255 e. The highest BCUT2D eigenvalue weighted by Crippen LogP contribution is 2.32. The molecule has 4 rings (SSSR count). The van der Waals surface area contributed by atoms with Crippen LogP contribution in [-0.4, -0.2) is 47.4 Å². The molecule has 0 bridgehead atoms. The monoisotopic (exact) mass is 426 g/mol. The maximum absolute atomic E-state index is 12.9. The number of benzene rings is 1. The number of carbonyl (C=O) groups excluding carboxylic acids is 3. The van der Waals surface area contributed by atoms with E-state index in [1.54, 1.807) is 11.8 Å². The van der Waals surface area contributed by atoms with Crippen molar-refractivity contribution in [1.29, 1.82) is 0 Å². The van der Waals surface area contributed by atoms with Crippen LogP contribution in [0.15, 0.2) is 18.2 Å². The largest absolute Gasteiger partial charge is 0.362 e. The average Bonchev–Trinajstić information content (AvgIpc) is 2.91. The van der Waals surface area contributed by atoms with Crippen molar-refractivity contribution in [3.8, 4) is 0 Å². The molecule has 0 aromatic heterocycles. The molecule has 2 atom stereocenters. The zero-order valence-corrected chi connectivity index (χ0v) is 18.6. The second kappa shape index (κ2) is 8.89. The maximum atomic E-state index is 12.9. The predicted octanol–water partition coefficient (Wildman–Crippen LogP) is 2.94. The van der Waals surface area contributed by atoms with E-state index >= 15 is 0 Å². The van der Waals surface area contributed by atoms with Gasteiger partial charge < -0.3 is 20.9 Å². The number of nitrogens with zero attached hydrogens (tertiary/aromatic N) is 1. The molecule has 0 unspecified atom stereocenters. The zero-order valence-electron chi connectivity index (χ0n) is 18.6. The van der Waals surface area contributed by atoms with Crippen LogP contribution in [-0.2, 0) is 9.59 Å². The minimum absolute atomic E-state index is 0.0386. The molecule has 3 amide bonds. The number of rotatable bonds is 4. The molecule has 1 aromatic carbocycles. The number of likely N-dealkylation sites (tertiary alicyclic amines) is 1. The van der Waals surface area contributed by atoms with Crippen molar-refractivity contribution in [2.45, 2.75) is 76.9 Å². The van der Waals surface area contributed by atoms with Gasteiger partial charge in [-0.05, 0) is 56.7 Å². The van der Waals surface area contributed by atoms with Crippen molar-refractivity contribution in [1.82, 2.24) is 15.5 Å². The van der Waals surface area contributed by atoms with E-state index in [0.717, 1.165) is 11.3 Å². The highest BCUT2D eigenvalue weighted by molar-refractivity contribution is 6.02. The standard InChI is InChI=1S/C24H34N4O3/c1-16-8-9-19-20(14-16)26-24(27-23(19)31)11-10-21(29)28(13-12-24)17(2)22(30)25-15-18-6-4-3-5-7-18/h8-9,14,17-18,26H,3-7,10-13,15H2,1-2H3,(H,25,30)(H,27,31)/t17-,24+/m1/s1. The minimum Gasteiger partial charge on any atom is -0.362 e. The minimum atomic E-state index is -0.666. The molecule has 2 aliphatic heterocycles. The first-order valence-electron chi connectivity index (χ1n) is 11.7. The molecule has 2 heterocycles. The zero-order chi connectivity index (χ0) is 22.0. The molecule has 31 heavy (non-hydrogen) atoms. The molecule has 2 fully saturated rings. The Kier molecular flexibility index (Phi) is 6.21. The molecule has 1 spiro atoms. The van der Waals surface area contributed by atoms with Gasteiger partial charge in [-0.15, -0.1) is 0 Å². The predicted molar refractivity (Wildman–Crippen MR) is 120 cm³/mol. The molecule has 3 aliphatic rings. The van der Waals surface area contributed by atoms with E-state index in [0.29, 0.717) is 37.4 Å². The van der Waals surface area contributed by atoms with Crippen LogP contribution in [0.3, 0.4) is 0 Å². The summed E-state index contributed by atoms with van der Waals surface area (Å²) in [6.07, 6.45) is 7.46. The SMILES string of the molecule is Cc1ccc2c(c1)N[C@@]1(CCC(=O)N([C@H](C)C(=O)NCC3CCCCC3)CC1)NC2=O. The van der Waals surface area contributed by atoms with Crippen molar-refractivity contribution in [3.63, 3.8) is 0 Å². The highest BCUT2D eigenvalue weighted by atomic mass is 16.2. The molecule has 0 radical (unpaired) electrons. The molecule has 7 heteroatoms. The average molecular weight is 427 g/mol. The third-order valence-electron chi connectivity index (χ3n) is 7.15. The second-order valence-electron chi connectivity index (χ2n) is 9.47. The third-order valence-corrected chi connectivity index (χ3v) is 7.15. The van der Waals surface area contributed by atoms with Crippen LogP contribution in [0.1, 0.15) is 74.2 Å². The van der Waals surface area contributed by atoms with Crippen LogP contribution in [0.4, 0.5) is 5.69 Å². The molecule has 1 saturated carbocycles. The summed E-state index contributed by atoms with van der Waals surface area (Å²) in [5.41, 5.74) is 1.84. The van der Waals surface area contributed by atoms with E-state index in [4.69, 9.17) is 0 Å². The summed E-state index contributed by atoms with van der Waals surface area (Å²) in [5, 5.41) is 9.65. The van der Waals surface area contributed by atoms with Crippen LogP contribution < -0.4 is 16.0 Å². The van der Waals surface area contributed by atoms with Crippen molar-refractivity contribution in [2.24, 2.45) is 5.92 Å². The number of nitrogens with one attached hydrogen (secondary N) is 3. The van der Waals surface area contributed by atoms with Gasteiger partial charge in [0.25, 0.3) is 5.91 Å². The number of amides is 3. The maximum Gasteiger partial charge on any atom is 0.255 e. The van der Waals surface area contributed by atoms with Crippen LogP contribution in [0.25, 0.3) is 0 Å². The van der Waals surface area contributed by atoms with Gasteiger partial charge in [-0.3, -0.25) is 14.4 Å². The highest BCUT2D eigenvalue weighted by Gasteiger charge is 2.41. The Bertz CT molecular complexity index is 864. The van der Waals surface area contributed by atoms with Crippen molar-refractivity contribution < 1.29 is 14.4 Å². The lowest BCUT2D eigenvalue weighted by atomic mass is 9.89. The van der Waals surface area contributed by atoms with Crippen molar-refractivity contribution in [2.75, 3.05) is 18.4 Å². The molecule has 7 nitrogen and oxygen atoms in total. The molecule has 1 aliphatic carbocycles. The first-order chi connectivity index (χ1) is 14.9. The number of aryl methyl sites for hydroxylation is 1. The second-order valence-corrected chi connectivity index (χ2v) is 9.47. The molecule has 1 saturated heterocycles. The number of carbonyl (C=O) groups is 3. The van der Waals surface area contributed by atoms with Crippen LogP contribution >= 0.6 is 0 Å². The molecule has 3 N–H and O–H groups in total. The third kappa shape index (κ3) is 4.70. The number of hydrogen-bond donors (Lipinski definition) is 3. The first-order valence-corrected chi connectivity index (χ1v) is 11.7. The summed E-state index contributed by atoms with van der Waals surface area (Å²) in [4.78, 5) is 40.0. The fraction of sp³-hybridized carbons (Fsp3) is 0.625. The molecule has 1 aromatic rings. The van der Waals surface area contributed by atoms with Gasteiger partial charge in [-0.1, -0.05) is 25.3 Å². The molecule has 168 valence electrons. The van der Waals surface area contributed by atoms with E-state index in [2.05, 4.69) is 16.0 Å². The Morgan fingerprint density at radius 1 is 1.19 bits per heavy atom. The number of hydrogen-bond acceptors (Lipinski definition) is 4. The quantitative estimate of drug-likeness (QED) is 0.690. The normalized spacial score (nSPS) is 25.3. The van der Waals surface area contributed by atoms with Crippen LogP contribution in [0.2, 0.25) is 0 Å². The van der Waals surface area contributed by atoms with E-state index < -0.39 is 11.7 Å². The molecular weight excluding hydrogens is 392 g/mol. The van der Waals surface area contributed by atoms with Crippen LogP contribution in [0.5, 0.6) is 0 Å². The van der Waals surface area contributed by atoms with Gasteiger partial charge in [-0.25, -0.2) is 0 Å². The summed E-state index contributed by atoms with van der Waals surface area (Å²) < 4.78 is 0. The number of anilines is 1. The fourth-order valence-corrected chi connectivity index (χ4v) is 5.14. The van der Waals surface area contributed by atoms with Gasteiger partial charge in [0.15, 0.2) is 0 Å². The van der Waals surface area contributed by atoms with E-state index in [1.807, 2.05) is 25.1 Å². The summed E-state index contributed by atoms with van der Waals surface area (Å²) in [6, 6.07) is 5.21. The summed E-state index contributed by atoms with van der Waals surface area (Å²) in [5.74, 6) is 0.311. The first kappa shape index (κ1) is 21.7. The Morgan fingerprint density at radius 2 is 1.97 bits per heavy atom. The lowest BCUT2D eigenvalue weighted by Crippen LogP contribution is -2.58. The van der Waals surface area contributed by atoms with E-state index in [9.17, 15) is 14.4 Å². The Morgan fingerprint density at radius 3 is 2.74 bits per heavy atom. The van der Waals surface area contributed by atoms with Gasteiger partial charge in [0, 0.05) is 31.6 Å². The van der Waals surface area contributed by atoms with E-state index in [1.165, 1.54) is 32.1 Å². The summed E-state index contributed by atoms with van der Waals surface area (Å²) in [6.45, 7) is 4.92. The Labute approximate surface area is 184 Å². The molecular formula is C24H34N4O3. The summed E-state index contributed by atoms with van der Waals surface area (Å²) in [7, 11) is 0. The van der Waals surface area contributed by atoms with Crippen molar-refractivity contribution >= 4 is 23.4 Å². The fourth-order valence-electron chi connectivity index (χ4n) is 5.14. The van der Waals surface area contributed by atoms with Gasteiger partial charge in [0.2, 0.25) is 11.8 Å². The van der Waals surface area contributed by atoms with Gasteiger partial charge >= 0.3 is 0 Å².